The number of unbranched alkanes of at least 4 members (excludes halogenated alkanes) is 3. The minimum Gasteiger partial charge on any atom is -0.300 e. The average Bonchev–Trinajstić information content (AvgIpc) is 2.36. The first-order chi connectivity index (χ1) is 8.70. The highest BCUT2D eigenvalue weighted by molar-refractivity contribution is 4.86. The maximum atomic E-state index is 12.0. The summed E-state index contributed by atoms with van der Waals surface area (Å²) < 4.78 is 2.94. The summed E-state index contributed by atoms with van der Waals surface area (Å²) in [6, 6.07) is 1.47. The Morgan fingerprint density at radius 2 is 2.00 bits per heavy atom. The first-order valence-electron chi connectivity index (χ1n) is 6.62. The molecular weight excluding hydrogens is 228 g/mol. The molecule has 0 aromatic carbocycles. The summed E-state index contributed by atoms with van der Waals surface area (Å²) >= 11 is 0. The van der Waals surface area contributed by atoms with E-state index in [-0.39, 0.29) is 11.2 Å². The van der Waals surface area contributed by atoms with Gasteiger partial charge in [0.2, 0.25) is 0 Å². The second-order valence-electron chi connectivity index (χ2n) is 4.42. The molecule has 0 N–H and O–H groups in total. The highest BCUT2D eigenvalue weighted by Gasteiger charge is 2.03. The van der Waals surface area contributed by atoms with E-state index in [1.54, 1.807) is 10.8 Å². The van der Waals surface area contributed by atoms with Crippen LogP contribution in [0.2, 0.25) is 0 Å². The van der Waals surface area contributed by atoms with Gasteiger partial charge in [-0.25, -0.2) is 4.79 Å². The first-order valence-corrected chi connectivity index (χ1v) is 6.62. The third-order valence-corrected chi connectivity index (χ3v) is 2.89. The molecule has 0 saturated heterocycles. The molecule has 100 valence electrons. The molecule has 1 rings (SSSR count). The lowest BCUT2D eigenvalue weighted by atomic mass is 10.2. The van der Waals surface area contributed by atoms with Crippen molar-refractivity contribution in [2.24, 2.45) is 0 Å². The molecule has 0 unspecified atom stereocenters. The zero-order chi connectivity index (χ0) is 13.4. The van der Waals surface area contributed by atoms with E-state index in [0.717, 1.165) is 32.1 Å². The van der Waals surface area contributed by atoms with Gasteiger partial charge in [-0.2, -0.15) is 0 Å². The molecule has 18 heavy (non-hydrogen) atoms. The van der Waals surface area contributed by atoms with Crippen molar-refractivity contribution in [1.82, 2.24) is 9.13 Å². The third-order valence-electron chi connectivity index (χ3n) is 2.89. The van der Waals surface area contributed by atoms with Gasteiger partial charge in [0.05, 0.1) is 0 Å². The smallest absolute Gasteiger partial charge is 0.300 e. The normalized spacial score (nSPS) is 10.5. The SMILES string of the molecule is C=CCCCCCn1c(=O)ccn(CCC)c1=O. The molecule has 0 aliphatic carbocycles. The molecular formula is C14H22N2O2. The lowest BCUT2D eigenvalue weighted by molar-refractivity contribution is 0.514. The van der Waals surface area contributed by atoms with Gasteiger partial charge in [-0.15, -0.1) is 6.58 Å². The quantitative estimate of drug-likeness (QED) is 0.524. The lowest BCUT2D eigenvalue weighted by Gasteiger charge is -2.08. The Morgan fingerprint density at radius 3 is 2.67 bits per heavy atom. The van der Waals surface area contributed by atoms with Gasteiger partial charge in [-0.1, -0.05) is 19.4 Å². The Morgan fingerprint density at radius 1 is 1.22 bits per heavy atom. The van der Waals surface area contributed by atoms with E-state index in [9.17, 15) is 9.59 Å². The number of hydrogen-bond donors (Lipinski definition) is 0. The molecule has 0 saturated carbocycles. The van der Waals surface area contributed by atoms with Crippen LogP contribution >= 0.6 is 0 Å². The largest absolute Gasteiger partial charge is 0.330 e. The molecule has 0 fully saturated rings. The van der Waals surface area contributed by atoms with E-state index in [1.807, 2.05) is 13.0 Å². The van der Waals surface area contributed by atoms with Crippen LogP contribution in [0.4, 0.5) is 0 Å². The minimum atomic E-state index is -0.198. The molecule has 1 heterocycles. The van der Waals surface area contributed by atoms with Crippen LogP contribution in [0.1, 0.15) is 39.0 Å². The Labute approximate surface area is 108 Å². The maximum absolute atomic E-state index is 12.0. The molecule has 4 heteroatoms. The molecule has 1 aromatic rings. The fraction of sp³-hybridized carbons (Fsp3) is 0.571. The molecule has 4 nitrogen and oxygen atoms in total. The van der Waals surface area contributed by atoms with Crippen molar-refractivity contribution in [2.75, 3.05) is 0 Å². The first kappa shape index (κ1) is 14.5. The van der Waals surface area contributed by atoms with Crippen molar-refractivity contribution in [1.29, 1.82) is 0 Å². The van der Waals surface area contributed by atoms with Gasteiger partial charge >= 0.3 is 5.69 Å². The monoisotopic (exact) mass is 250 g/mol. The van der Waals surface area contributed by atoms with Crippen LogP contribution in [-0.4, -0.2) is 9.13 Å². The van der Waals surface area contributed by atoms with E-state index in [4.69, 9.17) is 0 Å². The maximum Gasteiger partial charge on any atom is 0.330 e. The zero-order valence-corrected chi connectivity index (χ0v) is 11.1. The summed E-state index contributed by atoms with van der Waals surface area (Å²) in [6.07, 6.45) is 8.29. The van der Waals surface area contributed by atoms with Gasteiger partial charge in [0.15, 0.2) is 0 Å². The molecule has 0 atom stereocenters. The highest BCUT2D eigenvalue weighted by atomic mass is 16.2. The predicted octanol–water partition coefficient (Wildman–Crippen LogP) is 2.17. The molecule has 0 radical (unpaired) electrons. The van der Waals surface area contributed by atoms with Gasteiger partial charge in [0, 0.05) is 25.4 Å². The fourth-order valence-electron chi connectivity index (χ4n) is 1.91. The van der Waals surface area contributed by atoms with Crippen molar-refractivity contribution in [3.8, 4) is 0 Å². The molecule has 1 aromatic heterocycles. The second kappa shape index (κ2) is 7.69. The standard InChI is InChI=1S/C14H22N2O2/c1-3-5-6-7-8-11-16-13(17)9-12-15(10-4-2)14(16)18/h3,9,12H,1,4-8,10-11H2,2H3. The fourth-order valence-corrected chi connectivity index (χ4v) is 1.91. The van der Waals surface area contributed by atoms with E-state index in [1.165, 1.54) is 10.6 Å². The number of rotatable bonds is 8. The zero-order valence-electron chi connectivity index (χ0n) is 11.1. The molecule has 0 aliphatic rings. The van der Waals surface area contributed by atoms with Crippen LogP contribution < -0.4 is 11.2 Å². The number of aryl methyl sites for hydroxylation is 1. The van der Waals surface area contributed by atoms with Crippen molar-refractivity contribution in [3.63, 3.8) is 0 Å². The van der Waals surface area contributed by atoms with Crippen molar-refractivity contribution >= 4 is 0 Å². The summed E-state index contributed by atoms with van der Waals surface area (Å²) in [5, 5.41) is 0. The Bertz CT molecular complexity index is 485. The van der Waals surface area contributed by atoms with Crippen LogP contribution in [0, 0.1) is 0 Å². The van der Waals surface area contributed by atoms with E-state index < -0.39 is 0 Å². The molecule has 0 spiro atoms. The van der Waals surface area contributed by atoms with Crippen LogP contribution in [0.25, 0.3) is 0 Å². The number of aromatic nitrogens is 2. The average molecular weight is 250 g/mol. The van der Waals surface area contributed by atoms with Gasteiger partial charge in [-0.3, -0.25) is 9.36 Å². The summed E-state index contributed by atoms with van der Waals surface area (Å²) in [4.78, 5) is 23.7. The van der Waals surface area contributed by atoms with Gasteiger partial charge < -0.3 is 4.57 Å². The summed E-state index contributed by atoms with van der Waals surface area (Å²) in [6.45, 7) is 6.85. The number of allylic oxidation sites excluding steroid dienone is 1. The highest BCUT2D eigenvalue weighted by Crippen LogP contribution is 2.00. The van der Waals surface area contributed by atoms with Crippen molar-refractivity contribution < 1.29 is 0 Å². The van der Waals surface area contributed by atoms with E-state index in [0.29, 0.717) is 13.1 Å². The lowest BCUT2D eigenvalue weighted by Crippen LogP contribution is -2.39. The van der Waals surface area contributed by atoms with Gasteiger partial charge in [-0.05, 0) is 25.7 Å². The van der Waals surface area contributed by atoms with Crippen LogP contribution in [0.3, 0.4) is 0 Å². The van der Waals surface area contributed by atoms with Crippen molar-refractivity contribution in [3.05, 3.63) is 45.8 Å². The summed E-state index contributed by atoms with van der Waals surface area (Å²) in [7, 11) is 0. The van der Waals surface area contributed by atoms with E-state index in [2.05, 4.69) is 6.58 Å². The third kappa shape index (κ3) is 4.02. The second-order valence-corrected chi connectivity index (χ2v) is 4.42. The van der Waals surface area contributed by atoms with Gasteiger partial charge in [0.1, 0.15) is 0 Å². The Balaban J connectivity index is 2.69. The predicted molar refractivity (Wildman–Crippen MR) is 73.9 cm³/mol. The van der Waals surface area contributed by atoms with Gasteiger partial charge in [0.25, 0.3) is 5.56 Å². The topological polar surface area (TPSA) is 44.0 Å². The van der Waals surface area contributed by atoms with Crippen LogP contribution in [-0.2, 0) is 13.1 Å². The van der Waals surface area contributed by atoms with Crippen LogP contribution in [0.15, 0.2) is 34.5 Å². The molecule has 0 amide bonds. The number of nitrogens with zero attached hydrogens (tertiary/aromatic N) is 2. The molecule has 0 bridgehead atoms. The summed E-state index contributed by atoms with van der Waals surface area (Å²) in [5.74, 6) is 0. The summed E-state index contributed by atoms with van der Waals surface area (Å²) in [5.41, 5.74) is -0.385. The Kier molecular flexibility index (Phi) is 6.19. The van der Waals surface area contributed by atoms with Crippen LogP contribution in [0.5, 0.6) is 0 Å². The minimum absolute atomic E-state index is 0.187. The molecule has 0 aliphatic heterocycles. The number of hydrogen-bond acceptors (Lipinski definition) is 2. The Hall–Kier alpha value is -1.58. The van der Waals surface area contributed by atoms with E-state index >= 15 is 0 Å². The van der Waals surface area contributed by atoms with Crippen molar-refractivity contribution in [2.45, 2.75) is 52.1 Å².